The van der Waals surface area contributed by atoms with Crippen LogP contribution < -0.4 is 5.73 Å². The Morgan fingerprint density at radius 3 is 2.82 bits per heavy atom. The number of nitrogens with two attached hydrogens (primary N) is 1. The van der Waals surface area contributed by atoms with Crippen LogP contribution in [-0.4, -0.2) is 43.2 Å². The van der Waals surface area contributed by atoms with Gasteiger partial charge in [-0.1, -0.05) is 0 Å². The molecule has 0 aliphatic heterocycles. The number of nitrogen functional groups attached to an aromatic ring is 1. The summed E-state index contributed by atoms with van der Waals surface area (Å²) in [6.07, 6.45) is 1.39. The molecule has 1 amide bonds. The zero-order valence-corrected chi connectivity index (χ0v) is 9.56. The van der Waals surface area contributed by atoms with Gasteiger partial charge in [0, 0.05) is 7.05 Å². The van der Waals surface area contributed by atoms with Crippen LogP contribution in [-0.2, 0) is 6.54 Å². The van der Waals surface area contributed by atoms with E-state index in [1.54, 1.807) is 14.0 Å². The van der Waals surface area contributed by atoms with E-state index in [9.17, 15) is 4.79 Å². The van der Waals surface area contributed by atoms with Crippen molar-refractivity contribution in [2.75, 3.05) is 12.8 Å². The molecule has 2 aromatic rings. The van der Waals surface area contributed by atoms with Crippen LogP contribution in [0.15, 0.2) is 6.33 Å². The monoisotopic (exact) mass is 235 g/mol. The van der Waals surface area contributed by atoms with Gasteiger partial charge in [-0.15, -0.1) is 0 Å². The lowest BCUT2D eigenvalue weighted by Crippen LogP contribution is -2.27. The number of aryl methyl sites for hydroxylation is 1. The maximum Gasteiger partial charge on any atom is 0.276 e. The van der Waals surface area contributed by atoms with Crippen molar-refractivity contribution >= 4 is 11.6 Å². The van der Waals surface area contributed by atoms with E-state index in [4.69, 9.17) is 5.73 Å². The van der Waals surface area contributed by atoms with Crippen molar-refractivity contribution in [3.63, 3.8) is 0 Å². The fraction of sp³-hybridized carbons (Fsp3) is 0.333. The van der Waals surface area contributed by atoms with Crippen molar-refractivity contribution in [2.45, 2.75) is 13.5 Å². The Kier molecular flexibility index (Phi) is 2.77. The Morgan fingerprint density at radius 2 is 2.29 bits per heavy atom. The molecule has 17 heavy (non-hydrogen) atoms. The fourth-order valence-electron chi connectivity index (χ4n) is 1.39. The summed E-state index contributed by atoms with van der Waals surface area (Å²) in [5.41, 5.74) is 7.02. The summed E-state index contributed by atoms with van der Waals surface area (Å²) in [6, 6.07) is 0. The second-order valence-corrected chi connectivity index (χ2v) is 3.70. The van der Waals surface area contributed by atoms with Gasteiger partial charge >= 0.3 is 0 Å². The lowest BCUT2D eigenvalue weighted by Gasteiger charge is -2.14. The van der Waals surface area contributed by atoms with Crippen LogP contribution in [0.3, 0.4) is 0 Å². The maximum absolute atomic E-state index is 12.0. The number of hydrogen-bond donors (Lipinski definition) is 3. The van der Waals surface area contributed by atoms with Crippen molar-refractivity contribution in [1.82, 2.24) is 30.3 Å². The van der Waals surface area contributed by atoms with Crippen LogP contribution in [0.2, 0.25) is 0 Å². The Hall–Kier alpha value is -2.38. The smallest absolute Gasteiger partial charge is 0.276 e. The Bertz CT molecular complexity index is 515. The number of hydrogen-bond acceptors (Lipinski definition) is 5. The van der Waals surface area contributed by atoms with Gasteiger partial charge in [0.15, 0.2) is 5.69 Å². The molecule has 0 aliphatic carbocycles. The van der Waals surface area contributed by atoms with Gasteiger partial charge < -0.3 is 10.6 Å². The second-order valence-electron chi connectivity index (χ2n) is 3.70. The zero-order chi connectivity index (χ0) is 12.4. The van der Waals surface area contributed by atoms with Crippen molar-refractivity contribution in [3.05, 3.63) is 23.5 Å². The maximum atomic E-state index is 12.0. The average Bonchev–Trinajstić information content (AvgIpc) is 2.90. The Morgan fingerprint density at radius 1 is 1.53 bits per heavy atom. The number of aromatic nitrogens is 5. The number of aromatic amines is 2. The molecule has 0 radical (unpaired) electrons. The van der Waals surface area contributed by atoms with Gasteiger partial charge in [0.2, 0.25) is 0 Å². The molecule has 0 saturated carbocycles. The van der Waals surface area contributed by atoms with Crippen LogP contribution >= 0.6 is 0 Å². The van der Waals surface area contributed by atoms with Gasteiger partial charge in [-0.05, 0) is 6.92 Å². The predicted octanol–water partition coefficient (Wildman–Crippen LogP) is -0.309. The third kappa shape index (κ3) is 2.10. The number of nitrogens with zero attached hydrogens (tertiary/aromatic N) is 4. The molecule has 8 nitrogen and oxygen atoms in total. The first-order valence-corrected chi connectivity index (χ1v) is 4.99. The molecule has 0 atom stereocenters. The number of nitrogens with one attached hydrogen (secondary N) is 2. The normalized spacial score (nSPS) is 10.5. The molecule has 90 valence electrons. The largest absolute Gasteiger partial charge is 0.395 e. The van der Waals surface area contributed by atoms with Crippen LogP contribution in [0.25, 0.3) is 0 Å². The van der Waals surface area contributed by atoms with Crippen LogP contribution in [0.1, 0.15) is 22.0 Å². The molecule has 8 heteroatoms. The van der Waals surface area contributed by atoms with E-state index < -0.39 is 0 Å². The highest BCUT2D eigenvalue weighted by Gasteiger charge is 2.19. The molecule has 0 fully saturated rings. The van der Waals surface area contributed by atoms with E-state index in [2.05, 4.69) is 25.4 Å². The quantitative estimate of drug-likeness (QED) is 0.674. The lowest BCUT2D eigenvalue weighted by molar-refractivity contribution is 0.0777. The first-order valence-electron chi connectivity index (χ1n) is 4.99. The molecular weight excluding hydrogens is 222 g/mol. The van der Waals surface area contributed by atoms with Crippen molar-refractivity contribution < 1.29 is 4.79 Å². The van der Waals surface area contributed by atoms with Crippen molar-refractivity contribution in [2.24, 2.45) is 0 Å². The predicted molar refractivity (Wildman–Crippen MR) is 59.9 cm³/mol. The van der Waals surface area contributed by atoms with Crippen molar-refractivity contribution in [1.29, 1.82) is 0 Å². The summed E-state index contributed by atoms with van der Waals surface area (Å²) in [4.78, 5) is 17.4. The standard InChI is InChI=1S/C9H13N7O/c1-5-7(10)8(15-13-5)9(17)16(2)3-6-11-4-12-14-6/h4H,3,10H2,1-2H3,(H,13,15)(H,11,12,14). The SMILES string of the molecule is Cc1[nH]nc(C(=O)N(C)Cc2ncn[nH]2)c1N. The third-order valence-electron chi connectivity index (χ3n) is 2.40. The number of rotatable bonds is 3. The highest BCUT2D eigenvalue weighted by Crippen LogP contribution is 2.14. The fourth-order valence-corrected chi connectivity index (χ4v) is 1.39. The molecule has 0 saturated heterocycles. The highest BCUT2D eigenvalue weighted by molar-refractivity contribution is 5.97. The van der Waals surface area contributed by atoms with Crippen molar-refractivity contribution in [3.8, 4) is 0 Å². The van der Waals surface area contributed by atoms with E-state index in [0.717, 1.165) is 0 Å². The number of carbonyl (C=O) groups excluding carboxylic acids is 1. The molecule has 2 aromatic heterocycles. The minimum absolute atomic E-state index is 0.226. The Labute approximate surface area is 97.2 Å². The zero-order valence-electron chi connectivity index (χ0n) is 9.56. The molecule has 2 heterocycles. The van der Waals surface area contributed by atoms with Crippen LogP contribution in [0.5, 0.6) is 0 Å². The molecule has 0 unspecified atom stereocenters. The summed E-state index contributed by atoms with van der Waals surface area (Å²) in [5.74, 6) is 0.343. The van der Waals surface area contributed by atoms with E-state index in [0.29, 0.717) is 23.8 Å². The summed E-state index contributed by atoms with van der Waals surface area (Å²) in [7, 11) is 1.65. The van der Waals surface area contributed by atoms with Crippen LogP contribution in [0.4, 0.5) is 5.69 Å². The highest BCUT2D eigenvalue weighted by atomic mass is 16.2. The first kappa shape index (κ1) is 11.1. The van der Waals surface area contributed by atoms with Gasteiger partial charge in [0.25, 0.3) is 5.91 Å². The number of anilines is 1. The van der Waals surface area contributed by atoms with Gasteiger partial charge in [-0.3, -0.25) is 15.0 Å². The molecule has 4 N–H and O–H groups in total. The van der Waals surface area contributed by atoms with Gasteiger partial charge in [-0.25, -0.2) is 4.98 Å². The molecule has 2 rings (SSSR count). The third-order valence-corrected chi connectivity index (χ3v) is 2.40. The Balaban J connectivity index is 2.12. The summed E-state index contributed by atoms with van der Waals surface area (Å²) < 4.78 is 0. The van der Waals surface area contributed by atoms with E-state index >= 15 is 0 Å². The minimum Gasteiger partial charge on any atom is -0.395 e. The van der Waals surface area contributed by atoms with Gasteiger partial charge in [0.05, 0.1) is 17.9 Å². The number of carbonyl (C=O) groups is 1. The topological polar surface area (TPSA) is 117 Å². The summed E-state index contributed by atoms with van der Waals surface area (Å²) in [6.45, 7) is 2.08. The average molecular weight is 235 g/mol. The molecule has 0 spiro atoms. The molecule has 0 bridgehead atoms. The van der Waals surface area contributed by atoms with E-state index in [-0.39, 0.29) is 11.6 Å². The molecule has 0 aliphatic rings. The first-order chi connectivity index (χ1) is 8.09. The molecular formula is C9H13N7O. The minimum atomic E-state index is -0.261. The molecule has 0 aromatic carbocycles. The summed E-state index contributed by atoms with van der Waals surface area (Å²) in [5, 5.41) is 12.9. The van der Waals surface area contributed by atoms with Gasteiger partial charge in [-0.2, -0.15) is 10.2 Å². The number of amides is 1. The summed E-state index contributed by atoms with van der Waals surface area (Å²) >= 11 is 0. The van der Waals surface area contributed by atoms with Crippen LogP contribution in [0, 0.1) is 6.92 Å². The van der Waals surface area contributed by atoms with E-state index in [1.807, 2.05) is 0 Å². The van der Waals surface area contributed by atoms with Gasteiger partial charge in [0.1, 0.15) is 12.2 Å². The number of H-pyrrole nitrogens is 2. The van der Waals surface area contributed by atoms with E-state index in [1.165, 1.54) is 11.2 Å². The second kappa shape index (κ2) is 4.24. The lowest BCUT2D eigenvalue weighted by atomic mass is 10.3.